The number of amides is 1. The Kier molecular flexibility index (Phi) is 4.58. The van der Waals surface area contributed by atoms with Crippen LogP contribution in [-0.4, -0.2) is 56.6 Å². The van der Waals surface area contributed by atoms with Crippen LogP contribution < -0.4 is 4.90 Å². The van der Waals surface area contributed by atoms with Gasteiger partial charge in [0.2, 0.25) is 0 Å². The Hall–Kier alpha value is -2.48. The molecule has 0 unspecified atom stereocenters. The second kappa shape index (κ2) is 7.03. The van der Waals surface area contributed by atoms with E-state index in [1.807, 2.05) is 33.1 Å². The minimum Gasteiger partial charge on any atom is -0.353 e. The number of hydrogen-bond donors (Lipinski definition) is 0. The molecule has 3 aromatic heterocycles. The molecule has 26 heavy (non-hydrogen) atoms. The number of hydrogen-bond acceptors (Lipinski definition) is 6. The van der Waals surface area contributed by atoms with Crippen molar-refractivity contribution in [1.29, 1.82) is 0 Å². The zero-order valence-corrected chi connectivity index (χ0v) is 15.9. The Bertz CT molecular complexity index is 911. The van der Waals surface area contributed by atoms with Crippen molar-refractivity contribution in [2.45, 2.75) is 26.7 Å². The summed E-state index contributed by atoms with van der Waals surface area (Å²) in [5.74, 6) is 2.57. The first-order chi connectivity index (χ1) is 12.7. The lowest BCUT2D eigenvalue weighted by Crippen LogP contribution is -2.49. The maximum Gasteiger partial charge on any atom is 0.257 e. The molecule has 1 aliphatic rings. The standard InChI is InChI=1S/C18H22N6OS/c1-3-4-15-11-16(19-18-21-20-13(2)24(15)18)22-6-8-23(9-7-22)17(25)14-5-10-26-12-14/h5,10-12H,3-4,6-9H2,1-2H3. The number of aromatic nitrogens is 4. The Morgan fingerprint density at radius 3 is 2.73 bits per heavy atom. The summed E-state index contributed by atoms with van der Waals surface area (Å²) in [7, 11) is 0. The third-order valence-electron chi connectivity index (χ3n) is 4.77. The highest BCUT2D eigenvalue weighted by Crippen LogP contribution is 2.20. The van der Waals surface area contributed by atoms with Gasteiger partial charge in [-0.3, -0.25) is 9.20 Å². The van der Waals surface area contributed by atoms with E-state index in [9.17, 15) is 4.79 Å². The van der Waals surface area contributed by atoms with Crippen molar-refractivity contribution in [2.24, 2.45) is 0 Å². The fourth-order valence-corrected chi connectivity index (χ4v) is 4.05. The molecule has 3 aromatic rings. The Labute approximate surface area is 156 Å². The van der Waals surface area contributed by atoms with Crippen LogP contribution in [0.25, 0.3) is 5.78 Å². The van der Waals surface area contributed by atoms with Gasteiger partial charge in [0, 0.05) is 43.3 Å². The van der Waals surface area contributed by atoms with E-state index in [2.05, 4.69) is 28.1 Å². The van der Waals surface area contributed by atoms with Gasteiger partial charge in [-0.2, -0.15) is 16.3 Å². The van der Waals surface area contributed by atoms with Crippen molar-refractivity contribution in [1.82, 2.24) is 24.5 Å². The van der Waals surface area contributed by atoms with E-state index < -0.39 is 0 Å². The average molecular weight is 370 g/mol. The van der Waals surface area contributed by atoms with E-state index in [1.165, 1.54) is 5.69 Å². The maximum atomic E-state index is 12.5. The van der Waals surface area contributed by atoms with Crippen molar-refractivity contribution >= 4 is 28.8 Å². The fraction of sp³-hybridized carbons (Fsp3) is 0.444. The Balaban J connectivity index is 1.53. The molecule has 1 fully saturated rings. The zero-order valence-electron chi connectivity index (χ0n) is 15.1. The lowest BCUT2D eigenvalue weighted by molar-refractivity contribution is 0.0747. The number of thiophene rings is 1. The summed E-state index contributed by atoms with van der Waals surface area (Å²) >= 11 is 1.56. The van der Waals surface area contributed by atoms with E-state index in [1.54, 1.807) is 11.3 Å². The maximum absolute atomic E-state index is 12.5. The molecule has 0 radical (unpaired) electrons. The predicted octanol–water partition coefficient (Wildman–Crippen LogP) is 2.41. The molecule has 0 aromatic carbocycles. The van der Waals surface area contributed by atoms with Crippen molar-refractivity contribution in [3.8, 4) is 0 Å². The zero-order chi connectivity index (χ0) is 18.1. The van der Waals surface area contributed by atoms with E-state index >= 15 is 0 Å². The second-order valence-electron chi connectivity index (χ2n) is 6.53. The summed E-state index contributed by atoms with van der Waals surface area (Å²) in [5, 5.41) is 12.2. The van der Waals surface area contributed by atoms with Gasteiger partial charge in [-0.25, -0.2) is 0 Å². The SMILES string of the molecule is CCCc1cc(N2CCN(C(=O)c3ccsc3)CC2)nc2nnc(C)n12. The van der Waals surface area contributed by atoms with Gasteiger partial charge in [0.25, 0.3) is 11.7 Å². The number of fused-ring (bicyclic) bond motifs is 1. The summed E-state index contributed by atoms with van der Waals surface area (Å²) in [6.07, 6.45) is 2.01. The van der Waals surface area contributed by atoms with Crippen molar-refractivity contribution in [2.75, 3.05) is 31.1 Å². The van der Waals surface area contributed by atoms with Gasteiger partial charge in [0.05, 0.1) is 5.56 Å². The van der Waals surface area contributed by atoms with Crippen LogP contribution in [0.4, 0.5) is 5.82 Å². The van der Waals surface area contributed by atoms with Crippen molar-refractivity contribution < 1.29 is 4.79 Å². The second-order valence-corrected chi connectivity index (χ2v) is 7.31. The van der Waals surface area contributed by atoms with Gasteiger partial charge >= 0.3 is 0 Å². The van der Waals surface area contributed by atoms with Crippen LogP contribution in [0.3, 0.4) is 0 Å². The number of anilines is 1. The first-order valence-electron chi connectivity index (χ1n) is 8.95. The molecule has 0 saturated carbocycles. The molecule has 4 rings (SSSR count). The fourth-order valence-electron chi connectivity index (χ4n) is 3.42. The monoisotopic (exact) mass is 370 g/mol. The van der Waals surface area contributed by atoms with E-state index in [0.29, 0.717) is 18.9 Å². The highest BCUT2D eigenvalue weighted by atomic mass is 32.1. The summed E-state index contributed by atoms with van der Waals surface area (Å²) in [4.78, 5) is 21.4. The molecule has 1 aliphatic heterocycles. The molecule has 0 N–H and O–H groups in total. The van der Waals surface area contributed by atoms with Gasteiger partial charge in [0.1, 0.15) is 11.6 Å². The number of carbonyl (C=O) groups excluding carboxylic acids is 1. The number of aryl methyl sites for hydroxylation is 2. The molecule has 8 heteroatoms. The number of carbonyl (C=O) groups is 1. The van der Waals surface area contributed by atoms with Gasteiger partial charge in [-0.15, -0.1) is 10.2 Å². The number of rotatable bonds is 4. The van der Waals surface area contributed by atoms with Gasteiger partial charge in [0.15, 0.2) is 0 Å². The van der Waals surface area contributed by atoms with E-state index in [-0.39, 0.29) is 5.91 Å². The van der Waals surface area contributed by atoms with E-state index in [4.69, 9.17) is 4.98 Å². The predicted molar refractivity (Wildman–Crippen MR) is 102 cm³/mol. The minimum absolute atomic E-state index is 0.120. The van der Waals surface area contributed by atoms with Crippen LogP contribution in [0.5, 0.6) is 0 Å². The average Bonchev–Trinajstić information content (AvgIpc) is 3.32. The van der Waals surface area contributed by atoms with Crippen LogP contribution in [0.2, 0.25) is 0 Å². The normalized spacial score (nSPS) is 15.0. The quantitative estimate of drug-likeness (QED) is 0.706. The minimum atomic E-state index is 0.120. The first-order valence-corrected chi connectivity index (χ1v) is 9.89. The molecule has 4 heterocycles. The van der Waals surface area contributed by atoms with Gasteiger partial charge in [-0.1, -0.05) is 13.3 Å². The summed E-state index contributed by atoms with van der Waals surface area (Å²) in [6, 6.07) is 4.03. The molecule has 136 valence electrons. The summed E-state index contributed by atoms with van der Waals surface area (Å²) in [6.45, 7) is 7.08. The van der Waals surface area contributed by atoms with Crippen LogP contribution in [-0.2, 0) is 6.42 Å². The van der Waals surface area contributed by atoms with Crippen molar-refractivity contribution in [3.05, 3.63) is 40.0 Å². The first kappa shape index (κ1) is 17.0. The van der Waals surface area contributed by atoms with Crippen LogP contribution in [0.15, 0.2) is 22.9 Å². The molecule has 1 saturated heterocycles. The summed E-state index contributed by atoms with van der Waals surface area (Å²) in [5.41, 5.74) is 1.97. The Morgan fingerprint density at radius 1 is 1.23 bits per heavy atom. The molecule has 0 atom stereocenters. The molecular weight excluding hydrogens is 348 g/mol. The van der Waals surface area contributed by atoms with Crippen LogP contribution in [0, 0.1) is 6.92 Å². The van der Waals surface area contributed by atoms with Crippen LogP contribution >= 0.6 is 11.3 Å². The Morgan fingerprint density at radius 2 is 2.04 bits per heavy atom. The molecule has 1 amide bonds. The largest absolute Gasteiger partial charge is 0.353 e. The smallest absolute Gasteiger partial charge is 0.257 e. The molecule has 7 nitrogen and oxygen atoms in total. The van der Waals surface area contributed by atoms with Gasteiger partial charge < -0.3 is 9.80 Å². The molecular formula is C18H22N6OS. The number of nitrogens with zero attached hydrogens (tertiary/aromatic N) is 6. The lowest BCUT2D eigenvalue weighted by atomic mass is 10.2. The molecule has 0 aliphatic carbocycles. The third kappa shape index (κ3) is 3.05. The van der Waals surface area contributed by atoms with Crippen molar-refractivity contribution in [3.63, 3.8) is 0 Å². The summed E-state index contributed by atoms with van der Waals surface area (Å²) < 4.78 is 2.03. The molecule has 0 spiro atoms. The van der Waals surface area contributed by atoms with Crippen LogP contribution in [0.1, 0.15) is 35.2 Å². The van der Waals surface area contributed by atoms with E-state index in [0.717, 1.165) is 43.1 Å². The highest BCUT2D eigenvalue weighted by Gasteiger charge is 2.24. The topological polar surface area (TPSA) is 66.6 Å². The lowest BCUT2D eigenvalue weighted by Gasteiger charge is -2.35. The highest BCUT2D eigenvalue weighted by molar-refractivity contribution is 7.08. The van der Waals surface area contributed by atoms with Gasteiger partial charge in [-0.05, 0) is 24.8 Å². The third-order valence-corrected chi connectivity index (χ3v) is 5.45. The molecule has 0 bridgehead atoms. The number of piperazine rings is 1.